The highest BCUT2D eigenvalue weighted by molar-refractivity contribution is 7.06. The molecule has 0 aromatic carbocycles. The van der Waals surface area contributed by atoms with Crippen molar-refractivity contribution in [2.24, 2.45) is 0 Å². The molecular formula is C7H8F3NOS. The van der Waals surface area contributed by atoms with Crippen LogP contribution >= 0.6 is 11.5 Å². The van der Waals surface area contributed by atoms with E-state index >= 15 is 0 Å². The van der Waals surface area contributed by atoms with Crippen LogP contribution in [0.4, 0.5) is 13.2 Å². The minimum absolute atomic E-state index is 0.0833. The van der Waals surface area contributed by atoms with Gasteiger partial charge in [-0.05, 0) is 18.0 Å². The number of alkyl halides is 3. The van der Waals surface area contributed by atoms with Crippen LogP contribution in [-0.4, -0.2) is 9.48 Å². The van der Waals surface area contributed by atoms with Gasteiger partial charge < -0.3 is 5.11 Å². The van der Waals surface area contributed by atoms with Gasteiger partial charge >= 0.3 is 6.18 Å². The van der Waals surface area contributed by atoms with Gasteiger partial charge in [-0.2, -0.15) is 17.5 Å². The van der Waals surface area contributed by atoms with Crippen molar-refractivity contribution >= 4 is 11.5 Å². The van der Waals surface area contributed by atoms with Crippen LogP contribution in [0.25, 0.3) is 0 Å². The lowest BCUT2D eigenvalue weighted by Crippen LogP contribution is -2.09. The van der Waals surface area contributed by atoms with Gasteiger partial charge in [-0.1, -0.05) is 6.92 Å². The monoisotopic (exact) mass is 211 g/mol. The van der Waals surface area contributed by atoms with Crippen molar-refractivity contribution < 1.29 is 18.3 Å². The molecule has 1 aromatic heterocycles. The second kappa shape index (κ2) is 3.63. The third-order valence-corrected chi connectivity index (χ3v) is 2.65. The Kier molecular flexibility index (Phi) is 2.92. The first kappa shape index (κ1) is 10.5. The van der Waals surface area contributed by atoms with E-state index < -0.39 is 18.5 Å². The fourth-order valence-electron chi connectivity index (χ4n) is 1.01. The topological polar surface area (TPSA) is 33.1 Å². The van der Waals surface area contributed by atoms with E-state index in [2.05, 4.69) is 4.37 Å². The highest BCUT2D eigenvalue weighted by Crippen LogP contribution is 2.34. The molecule has 13 heavy (non-hydrogen) atoms. The first-order valence-corrected chi connectivity index (χ1v) is 4.43. The average molecular weight is 211 g/mol. The van der Waals surface area contributed by atoms with E-state index in [0.29, 0.717) is 11.3 Å². The van der Waals surface area contributed by atoms with E-state index in [0.717, 1.165) is 11.5 Å². The molecule has 0 fully saturated rings. The summed E-state index contributed by atoms with van der Waals surface area (Å²) in [4.78, 5) is 0.495. The van der Waals surface area contributed by atoms with Crippen LogP contribution in [0.2, 0.25) is 0 Å². The zero-order valence-electron chi connectivity index (χ0n) is 6.85. The summed E-state index contributed by atoms with van der Waals surface area (Å²) in [5, 5.41) is 8.75. The van der Waals surface area contributed by atoms with Gasteiger partial charge in [0.15, 0.2) is 5.69 Å². The Labute approximate surface area is 77.2 Å². The molecule has 0 bridgehead atoms. The molecule has 0 aliphatic carbocycles. The number of aryl methyl sites for hydroxylation is 1. The number of rotatable bonds is 2. The van der Waals surface area contributed by atoms with E-state index in [9.17, 15) is 13.2 Å². The van der Waals surface area contributed by atoms with Crippen molar-refractivity contribution in [1.29, 1.82) is 0 Å². The molecule has 0 atom stereocenters. The maximum atomic E-state index is 12.2. The zero-order valence-corrected chi connectivity index (χ0v) is 7.67. The van der Waals surface area contributed by atoms with E-state index in [1.807, 2.05) is 0 Å². The van der Waals surface area contributed by atoms with Crippen molar-refractivity contribution in [3.63, 3.8) is 0 Å². The summed E-state index contributed by atoms with van der Waals surface area (Å²) >= 11 is 0.798. The maximum absolute atomic E-state index is 12.2. The number of halogens is 3. The lowest BCUT2D eigenvalue weighted by molar-refractivity contribution is -0.141. The number of aliphatic hydroxyl groups excluding tert-OH is 1. The lowest BCUT2D eigenvalue weighted by Gasteiger charge is -2.04. The summed E-state index contributed by atoms with van der Waals surface area (Å²) in [6.07, 6.45) is -3.99. The Balaban J connectivity index is 3.16. The van der Waals surface area contributed by atoms with E-state index in [-0.39, 0.29) is 5.56 Å². The van der Waals surface area contributed by atoms with Crippen LogP contribution in [0, 0.1) is 0 Å². The molecule has 1 aromatic rings. The Hall–Kier alpha value is -0.620. The van der Waals surface area contributed by atoms with Gasteiger partial charge in [-0.25, -0.2) is 0 Å². The van der Waals surface area contributed by atoms with Gasteiger partial charge in [-0.3, -0.25) is 0 Å². The number of hydrogen-bond acceptors (Lipinski definition) is 3. The second-order valence-electron chi connectivity index (χ2n) is 2.44. The molecule has 1 heterocycles. The number of aliphatic hydroxyl groups is 1. The Morgan fingerprint density at radius 2 is 2.08 bits per heavy atom. The molecule has 0 unspecified atom stereocenters. The van der Waals surface area contributed by atoms with Crippen molar-refractivity contribution in [2.45, 2.75) is 26.1 Å². The Bertz CT molecular complexity index is 294. The molecule has 6 heteroatoms. The van der Waals surface area contributed by atoms with Crippen molar-refractivity contribution in [2.75, 3.05) is 0 Å². The van der Waals surface area contributed by atoms with Crippen LogP contribution in [0.5, 0.6) is 0 Å². The summed E-state index contributed by atoms with van der Waals surface area (Å²) < 4.78 is 39.9. The van der Waals surface area contributed by atoms with E-state index in [1.54, 1.807) is 6.92 Å². The summed E-state index contributed by atoms with van der Waals surface area (Å²) in [5.41, 5.74) is -1.03. The lowest BCUT2D eigenvalue weighted by atomic mass is 10.2. The molecule has 0 saturated heterocycles. The quantitative estimate of drug-likeness (QED) is 0.813. The smallest absolute Gasteiger partial charge is 0.392 e. The number of nitrogens with zero attached hydrogens (tertiary/aromatic N) is 1. The fraction of sp³-hybridized carbons (Fsp3) is 0.571. The van der Waals surface area contributed by atoms with E-state index in [1.165, 1.54) is 0 Å². The summed E-state index contributed by atoms with van der Waals surface area (Å²) in [6.45, 7) is 1.13. The molecule has 0 saturated carbocycles. The zero-order chi connectivity index (χ0) is 10.1. The van der Waals surface area contributed by atoms with Crippen molar-refractivity contribution in [3.05, 3.63) is 16.1 Å². The van der Waals surface area contributed by atoms with Gasteiger partial charge in [0.25, 0.3) is 0 Å². The summed E-state index contributed by atoms with van der Waals surface area (Å²) in [7, 11) is 0. The molecule has 0 aliphatic rings. The van der Waals surface area contributed by atoms with E-state index in [4.69, 9.17) is 5.11 Å². The van der Waals surface area contributed by atoms with Gasteiger partial charge in [-0.15, -0.1) is 0 Å². The summed E-state index contributed by atoms with van der Waals surface area (Å²) in [5.74, 6) is 0. The van der Waals surface area contributed by atoms with Crippen LogP contribution in [0.1, 0.15) is 23.1 Å². The van der Waals surface area contributed by atoms with Crippen LogP contribution in [-0.2, 0) is 19.2 Å². The van der Waals surface area contributed by atoms with Gasteiger partial charge in [0.1, 0.15) is 0 Å². The predicted molar refractivity (Wildman–Crippen MR) is 42.4 cm³/mol. The van der Waals surface area contributed by atoms with Gasteiger partial charge in [0.05, 0.1) is 6.61 Å². The molecule has 0 spiro atoms. The molecule has 2 nitrogen and oxygen atoms in total. The molecule has 0 aliphatic heterocycles. The fourth-order valence-corrected chi connectivity index (χ4v) is 1.82. The van der Waals surface area contributed by atoms with Crippen LogP contribution < -0.4 is 0 Å². The minimum Gasteiger partial charge on any atom is -0.392 e. The third-order valence-electron chi connectivity index (χ3n) is 1.62. The SMILES string of the molecule is CCc1snc(C(F)(F)F)c1CO. The normalized spacial score (nSPS) is 12.1. The molecule has 0 radical (unpaired) electrons. The molecule has 0 amide bonds. The molecule has 1 N–H and O–H groups in total. The standard InChI is InChI=1S/C7H8F3NOS/c1-2-5-4(3-12)6(11-13-5)7(8,9)10/h12H,2-3H2,1H3. The predicted octanol–water partition coefficient (Wildman–Crippen LogP) is 2.22. The Morgan fingerprint density at radius 3 is 2.46 bits per heavy atom. The van der Waals surface area contributed by atoms with Gasteiger partial charge in [0.2, 0.25) is 0 Å². The Morgan fingerprint density at radius 1 is 1.46 bits per heavy atom. The van der Waals surface area contributed by atoms with Crippen LogP contribution in [0.3, 0.4) is 0 Å². The maximum Gasteiger partial charge on any atom is 0.434 e. The van der Waals surface area contributed by atoms with Crippen molar-refractivity contribution in [3.8, 4) is 0 Å². The molecule has 74 valence electrons. The molecule has 1 rings (SSSR count). The first-order valence-electron chi connectivity index (χ1n) is 3.66. The minimum atomic E-state index is -4.46. The first-order chi connectivity index (χ1) is 6.00. The van der Waals surface area contributed by atoms with Crippen molar-refractivity contribution in [1.82, 2.24) is 4.37 Å². The second-order valence-corrected chi connectivity index (χ2v) is 3.30. The molecular weight excluding hydrogens is 203 g/mol. The van der Waals surface area contributed by atoms with Crippen LogP contribution in [0.15, 0.2) is 0 Å². The summed E-state index contributed by atoms with van der Waals surface area (Å²) in [6, 6.07) is 0. The number of aromatic nitrogens is 1. The average Bonchev–Trinajstić information content (AvgIpc) is 2.45. The van der Waals surface area contributed by atoms with Gasteiger partial charge in [0, 0.05) is 10.4 Å². The third kappa shape index (κ3) is 2.00. The largest absolute Gasteiger partial charge is 0.434 e. The highest BCUT2D eigenvalue weighted by atomic mass is 32.1. The number of hydrogen-bond donors (Lipinski definition) is 1. The highest BCUT2D eigenvalue weighted by Gasteiger charge is 2.37.